The van der Waals surface area contributed by atoms with Crippen molar-refractivity contribution in [2.45, 2.75) is 128 Å². The molecule has 2 atom stereocenters. The predicted octanol–water partition coefficient (Wildman–Crippen LogP) is 8.97. The van der Waals surface area contributed by atoms with Crippen LogP contribution in [0.15, 0.2) is 24.3 Å². The quantitative estimate of drug-likeness (QED) is 0.269. The van der Waals surface area contributed by atoms with Crippen molar-refractivity contribution in [1.29, 1.82) is 0 Å². The second-order valence-electron chi connectivity index (χ2n) is 14.0. The molecule has 0 bridgehead atoms. The Labute approximate surface area is 240 Å². The average Bonchev–Trinajstić information content (AvgIpc) is 3.61. The summed E-state index contributed by atoms with van der Waals surface area (Å²) >= 11 is 0. The van der Waals surface area contributed by atoms with Crippen molar-refractivity contribution in [1.82, 2.24) is 30.4 Å². The lowest BCUT2D eigenvalue weighted by atomic mass is 9.77. The molecular formula is C34H48N6. The van der Waals surface area contributed by atoms with Crippen molar-refractivity contribution in [3.05, 3.63) is 35.9 Å². The SMILES string of the molecule is CCCCC1CC12CCC(c1nc(-c3cccc(-c4n[nH]c(C5CCC6(CC5)C[C@H]6CCCC)n4)c3)n[nH]1)CC2. The van der Waals surface area contributed by atoms with Crippen LogP contribution in [0.5, 0.6) is 0 Å². The summed E-state index contributed by atoms with van der Waals surface area (Å²) in [6, 6.07) is 8.44. The van der Waals surface area contributed by atoms with Crippen molar-refractivity contribution in [2.24, 2.45) is 22.7 Å². The number of rotatable bonds is 10. The molecule has 1 aromatic carbocycles. The normalized spacial score (nSPS) is 33.0. The smallest absolute Gasteiger partial charge is 0.181 e. The van der Waals surface area contributed by atoms with E-state index < -0.39 is 0 Å². The van der Waals surface area contributed by atoms with Crippen LogP contribution in [0.1, 0.15) is 140 Å². The largest absolute Gasteiger partial charge is 0.262 e. The number of unbranched alkanes of at least 4 members (excludes halogenated alkanes) is 2. The monoisotopic (exact) mass is 540 g/mol. The van der Waals surface area contributed by atoms with E-state index in [1.165, 1.54) is 103 Å². The Morgan fingerprint density at radius 3 is 1.57 bits per heavy atom. The Balaban J connectivity index is 0.966. The van der Waals surface area contributed by atoms with Crippen LogP contribution < -0.4 is 0 Å². The molecule has 214 valence electrons. The van der Waals surface area contributed by atoms with Gasteiger partial charge in [0, 0.05) is 23.0 Å². The van der Waals surface area contributed by atoms with Crippen LogP contribution in [0.3, 0.4) is 0 Å². The number of benzene rings is 1. The van der Waals surface area contributed by atoms with Gasteiger partial charge in [0.1, 0.15) is 11.6 Å². The van der Waals surface area contributed by atoms with E-state index in [9.17, 15) is 0 Å². The Bertz CT molecular complexity index is 1190. The van der Waals surface area contributed by atoms with Gasteiger partial charge in [-0.2, -0.15) is 10.2 Å². The lowest BCUT2D eigenvalue weighted by Gasteiger charge is -2.28. The number of aromatic amines is 2. The first-order valence-corrected chi connectivity index (χ1v) is 16.6. The van der Waals surface area contributed by atoms with Gasteiger partial charge in [0.25, 0.3) is 0 Å². The van der Waals surface area contributed by atoms with Crippen LogP contribution >= 0.6 is 0 Å². The second kappa shape index (κ2) is 10.7. The molecule has 4 fully saturated rings. The van der Waals surface area contributed by atoms with Gasteiger partial charge in [0.15, 0.2) is 11.6 Å². The van der Waals surface area contributed by atoms with E-state index in [0.717, 1.165) is 46.3 Å². The van der Waals surface area contributed by atoms with E-state index in [2.05, 4.69) is 58.5 Å². The molecule has 2 heterocycles. The van der Waals surface area contributed by atoms with E-state index in [1.807, 2.05) is 0 Å². The molecule has 2 aromatic heterocycles. The van der Waals surface area contributed by atoms with Gasteiger partial charge in [0.05, 0.1) is 0 Å². The fraction of sp³-hybridized carbons (Fsp3) is 0.706. The molecule has 2 N–H and O–H groups in total. The minimum Gasteiger partial charge on any atom is -0.262 e. The van der Waals surface area contributed by atoms with Gasteiger partial charge in [0.2, 0.25) is 0 Å². The lowest BCUT2D eigenvalue weighted by molar-refractivity contribution is 0.271. The zero-order valence-electron chi connectivity index (χ0n) is 24.7. The van der Waals surface area contributed by atoms with Crippen molar-refractivity contribution < 1.29 is 0 Å². The van der Waals surface area contributed by atoms with Crippen molar-refractivity contribution >= 4 is 0 Å². The highest BCUT2D eigenvalue weighted by molar-refractivity contribution is 5.65. The summed E-state index contributed by atoms with van der Waals surface area (Å²) < 4.78 is 0. The first-order valence-electron chi connectivity index (χ1n) is 16.6. The summed E-state index contributed by atoms with van der Waals surface area (Å²) in [4.78, 5) is 9.97. The summed E-state index contributed by atoms with van der Waals surface area (Å²) in [6.45, 7) is 4.63. The van der Waals surface area contributed by atoms with Gasteiger partial charge in [-0.05, 0) is 106 Å². The Hall–Kier alpha value is -2.50. The molecule has 6 nitrogen and oxygen atoms in total. The minimum atomic E-state index is 0.519. The molecule has 0 aliphatic heterocycles. The molecule has 40 heavy (non-hydrogen) atoms. The third-order valence-corrected chi connectivity index (χ3v) is 11.7. The Morgan fingerprint density at radius 1 is 0.700 bits per heavy atom. The van der Waals surface area contributed by atoms with Gasteiger partial charge >= 0.3 is 0 Å². The highest BCUT2D eigenvalue weighted by Crippen LogP contribution is 2.65. The molecule has 3 aromatic rings. The van der Waals surface area contributed by atoms with Crippen LogP contribution in [0.2, 0.25) is 0 Å². The maximum Gasteiger partial charge on any atom is 0.181 e. The maximum atomic E-state index is 4.98. The Kier molecular flexibility index (Phi) is 7.08. The lowest BCUT2D eigenvalue weighted by Crippen LogP contribution is -2.17. The molecule has 4 saturated carbocycles. The van der Waals surface area contributed by atoms with Crippen molar-refractivity contribution in [3.8, 4) is 22.8 Å². The molecule has 7 rings (SSSR count). The number of H-pyrrole nitrogens is 2. The van der Waals surface area contributed by atoms with E-state index in [-0.39, 0.29) is 0 Å². The highest BCUT2D eigenvalue weighted by Gasteiger charge is 2.55. The van der Waals surface area contributed by atoms with Crippen LogP contribution in [-0.2, 0) is 0 Å². The molecule has 4 aliphatic carbocycles. The molecule has 4 aliphatic rings. The summed E-state index contributed by atoms with van der Waals surface area (Å²) in [5.41, 5.74) is 3.41. The molecule has 1 unspecified atom stereocenters. The van der Waals surface area contributed by atoms with Gasteiger partial charge in [-0.3, -0.25) is 10.2 Å². The van der Waals surface area contributed by atoms with Crippen LogP contribution in [0, 0.1) is 22.7 Å². The van der Waals surface area contributed by atoms with E-state index in [4.69, 9.17) is 9.97 Å². The topological polar surface area (TPSA) is 83.1 Å². The van der Waals surface area contributed by atoms with Crippen molar-refractivity contribution in [2.75, 3.05) is 0 Å². The fourth-order valence-electron chi connectivity index (χ4n) is 8.71. The number of hydrogen-bond donors (Lipinski definition) is 2. The second-order valence-corrected chi connectivity index (χ2v) is 14.0. The molecular weight excluding hydrogens is 492 g/mol. The average molecular weight is 541 g/mol. The van der Waals surface area contributed by atoms with Gasteiger partial charge in [-0.1, -0.05) is 57.7 Å². The van der Waals surface area contributed by atoms with E-state index in [1.54, 1.807) is 0 Å². The fourth-order valence-corrected chi connectivity index (χ4v) is 8.71. The summed E-state index contributed by atoms with van der Waals surface area (Å²) in [5.74, 6) is 6.75. The number of hydrogen-bond acceptors (Lipinski definition) is 4. The van der Waals surface area contributed by atoms with Gasteiger partial charge in [-0.15, -0.1) is 0 Å². The molecule has 0 radical (unpaired) electrons. The highest BCUT2D eigenvalue weighted by atomic mass is 15.2. The predicted molar refractivity (Wildman–Crippen MR) is 160 cm³/mol. The number of nitrogens with zero attached hydrogens (tertiary/aromatic N) is 4. The number of nitrogens with one attached hydrogen (secondary N) is 2. The third kappa shape index (κ3) is 5.05. The van der Waals surface area contributed by atoms with E-state index in [0.29, 0.717) is 22.7 Å². The van der Waals surface area contributed by atoms with Crippen LogP contribution in [0.4, 0.5) is 0 Å². The Morgan fingerprint density at radius 2 is 1.15 bits per heavy atom. The molecule has 0 amide bonds. The standard InChI is InChI=1S/C34H48N6/c1-3-5-10-27-21-33(27)16-12-23(13-17-33)29-35-31(39-37-29)25-8-7-9-26(20-25)32-36-30(38-40-32)24-14-18-34(19-15-24)22-28(34)11-6-4-2/h7-9,20,23-24,27-28H,3-6,10-19,21-22H2,1-2H3,(H,35,37,39)(H,36,38,40)/t23?,24?,27-,28?,33?,34?/m1/s1. The van der Waals surface area contributed by atoms with E-state index >= 15 is 0 Å². The third-order valence-electron chi connectivity index (χ3n) is 11.7. The zero-order valence-corrected chi connectivity index (χ0v) is 24.7. The summed E-state index contributed by atoms with van der Waals surface area (Å²) in [5, 5.41) is 15.9. The van der Waals surface area contributed by atoms with Gasteiger partial charge < -0.3 is 0 Å². The zero-order chi connectivity index (χ0) is 27.2. The van der Waals surface area contributed by atoms with Crippen LogP contribution in [-0.4, -0.2) is 30.4 Å². The minimum absolute atomic E-state index is 0.519. The molecule has 6 heteroatoms. The van der Waals surface area contributed by atoms with Crippen molar-refractivity contribution in [3.63, 3.8) is 0 Å². The van der Waals surface area contributed by atoms with Crippen LogP contribution in [0.25, 0.3) is 22.8 Å². The first kappa shape index (κ1) is 26.4. The summed E-state index contributed by atoms with van der Waals surface area (Å²) in [7, 11) is 0. The maximum absolute atomic E-state index is 4.98. The molecule has 0 saturated heterocycles. The summed E-state index contributed by atoms with van der Waals surface area (Å²) in [6.07, 6.45) is 21.7. The van der Waals surface area contributed by atoms with Gasteiger partial charge in [-0.25, -0.2) is 9.97 Å². The molecule has 2 spiro atoms. The number of aromatic nitrogens is 6. The first-order chi connectivity index (χ1) is 19.6.